The third-order valence-electron chi connectivity index (χ3n) is 1.77. The van der Waals surface area contributed by atoms with Gasteiger partial charge in [0, 0.05) is 5.69 Å². The Bertz CT molecular complexity index is 389. The van der Waals surface area contributed by atoms with E-state index in [4.69, 9.17) is 10.5 Å². The second-order valence-corrected chi connectivity index (χ2v) is 3.12. The fraction of sp³-hybridized carbons (Fsp3) is 0.273. The Kier molecular flexibility index (Phi) is 4.80. The third kappa shape index (κ3) is 4.87. The summed E-state index contributed by atoms with van der Waals surface area (Å²) < 4.78 is 9.52. The van der Waals surface area contributed by atoms with Gasteiger partial charge in [-0.1, -0.05) is 0 Å². The SMILES string of the molecule is CCOC(=O)CNC(=O)Oc1ccc(N)cc1. The first-order valence-corrected chi connectivity index (χ1v) is 5.08. The maximum absolute atomic E-state index is 11.2. The molecule has 0 atom stereocenters. The number of rotatable bonds is 4. The van der Waals surface area contributed by atoms with E-state index in [1.807, 2.05) is 0 Å². The van der Waals surface area contributed by atoms with Gasteiger partial charge >= 0.3 is 12.1 Å². The number of carbonyl (C=O) groups excluding carboxylic acids is 2. The Labute approximate surface area is 98.7 Å². The van der Waals surface area contributed by atoms with E-state index in [9.17, 15) is 9.59 Å². The monoisotopic (exact) mass is 238 g/mol. The van der Waals surface area contributed by atoms with Gasteiger partial charge in [-0.25, -0.2) is 4.79 Å². The molecule has 6 heteroatoms. The van der Waals surface area contributed by atoms with E-state index in [1.165, 1.54) is 0 Å². The van der Waals surface area contributed by atoms with Crippen LogP contribution < -0.4 is 15.8 Å². The number of carbonyl (C=O) groups is 2. The molecule has 0 aliphatic heterocycles. The zero-order chi connectivity index (χ0) is 12.7. The summed E-state index contributed by atoms with van der Waals surface area (Å²) in [6, 6.07) is 6.32. The van der Waals surface area contributed by atoms with Gasteiger partial charge in [-0.2, -0.15) is 0 Å². The molecule has 1 aromatic carbocycles. The molecular formula is C11H14N2O4. The van der Waals surface area contributed by atoms with Gasteiger partial charge in [-0.05, 0) is 31.2 Å². The maximum atomic E-state index is 11.2. The van der Waals surface area contributed by atoms with E-state index >= 15 is 0 Å². The van der Waals surface area contributed by atoms with Gasteiger partial charge in [0.15, 0.2) is 0 Å². The molecule has 1 aromatic rings. The smallest absolute Gasteiger partial charge is 0.413 e. The summed E-state index contributed by atoms with van der Waals surface area (Å²) in [5.74, 6) is -0.165. The standard InChI is InChI=1S/C11H14N2O4/c1-2-16-10(14)7-13-11(15)17-9-5-3-8(12)4-6-9/h3-6H,2,7,12H2,1H3,(H,13,15). The molecular weight excluding hydrogens is 224 g/mol. The summed E-state index contributed by atoms with van der Waals surface area (Å²) in [5.41, 5.74) is 6.05. The van der Waals surface area contributed by atoms with Crippen LogP contribution in [0.3, 0.4) is 0 Å². The number of ether oxygens (including phenoxy) is 2. The van der Waals surface area contributed by atoms with Gasteiger partial charge in [0.25, 0.3) is 0 Å². The molecule has 17 heavy (non-hydrogen) atoms. The molecule has 0 aliphatic rings. The number of nitrogen functional groups attached to an aromatic ring is 1. The minimum Gasteiger partial charge on any atom is -0.465 e. The van der Waals surface area contributed by atoms with Crippen LogP contribution in [0.15, 0.2) is 24.3 Å². The highest BCUT2D eigenvalue weighted by molar-refractivity contribution is 5.78. The summed E-state index contributed by atoms with van der Waals surface area (Å²) in [6.45, 7) is 1.74. The van der Waals surface area contributed by atoms with Crippen LogP contribution in [-0.4, -0.2) is 25.2 Å². The molecule has 0 bridgehead atoms. The van der Waals surface area contributed by atoms with E-state index in [2.05, 4.69) is 10.1 Å². The van der Waals surface area contributed by atoms with E-state index in [0.717, 1.165) is 0 Å². The van der Waals surface area contributed by atoms with Crippen LogP contribution in [0, 0.1) is 0 Å². The summed E-state index contributed by atoms with van der Waals surface area (Å²) in [7, 11) is 0. The number of nitrogens with one attached hydrogen (secondary N) is 1. The molecule has 3 N–H and O–H groups in total. The van der Waals surface area contributed by atoms with Crippen LogP contribution >= 0.6 is 0 Å². The van der Waals surface area contributed by atoms with Crippen molar-refractivity contribution in [1.82, 2.24) is 5.32 Å². The number of amides is 1. The Morgan fingerprint density at radius 3 is 2.53 bits per heavy atom. The normalized spacial score (nSPS) is 9.47. The predicted octanol–water partition coefficient (Wildman–Crippen LogP) is 0.920. The summed E-state index contributed by atoms with van der Waals surface area (Å²) >= 11 is 0. The fourth-order valence-corrected chi connectivity index (χ4v) is 1.04. The number of esters is 1. The predicted molar refractivity (Wildman–Crippen MR) is 61.5 cm³/mol. The average Bonchev–Trinajstić information content (AvgIpc) is 2.30. The number of hydrogen-bond acceptors (Lipinski definition) is 5. The van der Waals surface area contributed by atoms with Gasteiger partial charge < -0.3 is 20.5 Å². The van der Waals surface area contributed by atoms with Crippen molar-refractivity contribution in [3.63, 3.8) is 0 Å². The lowest BCUT2D eigenvalue weighted by atomic mass is 10.3. The van der Waals surface area contributed by atoms with Crippen LogP contribution in [0.2, 0.25) is 0 Å². The quantitative estimate of drug-likeness (QED) is 0.601. The van der Waals surface area contributed by atoms with Crippen molar-refractivity contribution in [2.75, 3.05) is 18.9 Å². The first kappa shape index (κ1) is 12.8. The topological polar surface area (TPSA) is 90.6 Å². The zero-order valence-electron chi connectivity index (χ0n) is 9.43. The van der Waals surface area contributed by atoms with Crippen molar-refractivity contribution in [2.24, 2.45) is 0 Å². The van der Waals surface area contributed by atoms with Crippen molar-refractivity contribution in [3.8, 4) is 5.75 Å². The average molecular weight is 238 g/mol. The van der Waals surface area contributed by atoms with Crippen molar-refractivity contribution < 1.29 is 19.1 Å². The molecule has 0 unspecified atom stereocenters. The van der Waals surface area contributed by atoms with Crippen molar-refractivity contribution in [1.29, 1.82) is 0 Å². The molecule has 92 valence electrons. The van der Waals surface area contributed by atoms with Crippen LogP contribution in [0.5, 0.6) is 5.75 Å². The largest absolute Gasteiger partial charge is 0.465 e. The number of benzene rings is 1. The summed E-state index contributed by atoms with van der Waals surface area (Å²) in [5, 5.41) is 2.26. The third-order valence-corrected chi connectivity index (χ3v) is 1.77. The first-order chi connectivity index (χ1) is 8.11. The van der Waals surface area contributed by atoms with E-state index < -0.39 is 12.1 Å². The van der Waals surface area contributed by atoms with Crippen LogP contribution in [0.1, 0.15) is 6.92 Å². The second-order valence-electron chi connectivity index (χ2n) is 3.12. The van der Waals surface area contributed by atoms with Crippen molar-refractivity contribution in [2.45, 2.75) is 6.92 Å². The van der Waals surface area contributed by atoms with E-state index in [-0.39, 0.29) is 13.2 Å². The summed E-state index contributed by atoms with van der Waals surface area (Å²) in [6.07, 6.45) is -0.720. The fourth-order valence-electron chi connectivity index (χ4n) is 1.04. The highest BCUT2D eigenvalue weighted by Crippen LogP contribution is 2.12. The highest BCUT2D eigenvalue weighted by Gasteiger charge is 2.07. The molecule has 0 aliphatic carbocycles. The molecule has 0 spiro atoms. The van der Waals surface area contributed by atoms with Gasteiger partial charge in [-0.3, -0.25) is 4.79 Å². The van der Waals surface area contributed by atoms with Crippen molar-refractivity contribution in [3.05, 3.63) is 24.3 Å². The molecule has 0 radical (unpaired) electrons. The molecule has 0 aromatic heterocycles. The number of nitrogens with two attached hydrogens (primary N) is 1. The minimum atomic E-state index is -0.720. The lowest BCUT2D eigenvalue weighted by Gasteiger charge is -2.06. The Hall–Kier alpha value is -2.24. The molecule has 0 saturated carbocycles. The molecule has 0 saturated heterocycles. The Balaban J connectivity index is 2.34. The van der Waals surface area contributed by atoms with Gasteiger partial charge in [0.05, 0.1) is 6.61 Å². The van der Waals surface area contributed by atoms with Gasteiger partial charge in [0.2, 0.25) is 0 Å². The lowest BCUT2D eigenvalue weighted by molar-refractivity contribution is -0.141. The van der Waals surface area contributed by atoms with E-state index in [0.29, 0.717) is 11.4 Å². The lowest BCUT2D eigenvalue weighted by Crippen LogP contribution is -2.32. The van der Waals surface area contributed by atoms with Crippen molar-refractivity contribution >= 4 is 17.7 Å². The minimum absolute atomic E-state index is 0.221. The van der Waals surface area contributed by atoms with E-state index in [1.54, 1.807) is 31.2 Å². The molecule has 1 amide bonds. The Morgan fingerprint density at radius 2 is 1.94 bits per heavy atom. The molecule has 0 fully saturated rings. The molecule has 6 nitrogen and oxygen atoms in total. The summed E-state index contributed by atoms with van der Waals surface area (Å²) in [4.78, 5) is 22.2. The van der Waals surface area contributed by atoms with Crippen LogP contribution in [0.4, 0.5) is 10.5 Å². The first-order valence-electron chi connectivity index (χ1n) is 5.08. The molecule has 0 heterocycles. The van der Waals surface area contributed by atoms with Crippen LogP contribution in [-0.2, 0) is 9.53 Å². The Morgan fingerprint density at radius 1 is 1.29 bits per heavy atom. The van der Waals surface area contributed by atoms with Crippen LogP contribution in [0.25, 0.3) is 0 Å². The highest BCUT2D eigenvalue weighted by atomic mass is 16.6. The van der Waals surface area contributed by atoms with Gasteiger partial charge in [0.1, 0.15) is 12.3 Å². The number of anilines is 1. The van der Waals surface area contributed by atoms with Gasteiger partial charge in [-0.15, -0.1) is 0 Å². The second kappa shape index (κ2) is 6.37. The zero-order valence-corrected chi connectivity index (χ0v) is 9.43. The number of hydrogen-bond donors (Lipinski definition) is 2. The molecule has 1 rings (SSSR count). The maximum Gasteiger partial charge on any atom is 0.413 e.